The van der Waals surface area contributed by atoms with E-state index < -0.39 is 29.7 Å². The highest BCUT2D eigenvalue weighted by Gasteiger charge is 2.36. The molecule has 2 aromatic rings. The SMILES string of the molecule is O=C(O)N[C@@H]1c2scnc2C(=O)CC[C@H]1c1cccc(F)c1F. The van der Waals surface area contributed by atoms with E-state index in [9.17, 15) is 18.4 Å². The zero-order valence-electron chi connectivity index (χ0n) is 11.8. The van der Waals surface area contributed by atoms with Gasteiger partial charge in [0, 0.05) is 12.3 Å². The van der Waals surface area contributed by atoms with E-state index in [0.29, 0.717) is 4.88 Å². The van der Waals surface area contributed by atoms with E-state index in [-0.39, 0.29) is 29.9 Å². The summed E-state index contributed by atoms with van der Waals surface area (Å²) in [6, 6.07) is 2.93. The van der Waals surface area contributed by atoms with Crippen LogP contribution in [0.25, 0.3) is 0 Å². The highest BCUT2D eigenvalue weighted by molar-refractivity contribution is 7.10. The number of fused-ring (bicyclic) bond motifs is 1. The Balaban J connectivity index is 2.12. The molecule has 120 valence electrons. The smallest absolute Gasteiger partial charge is 0.405 e. The lowest BCUT2D eigenvalue weighted by molar-refractivity contribution is 0.0976. The third kappa shape index (κ3) is 2.81. The molecule has 0 radical (unpaired) electrons. The maximum atomic E-state index is 14.2. The normalized spacial score (nSPS) is 20.7. The van der Waals surface area contributed by atoms with Crippen LogP contribution in [-0.2, 0) is 0 Å². The molecule has 0 saturated heterocycles. The lowest BCUT2D eigenvalue weighted by Crippen LogP contribution is -2.31. The highest BCUT2D eigenvalue weighted by atomic mass is 32.1. The van der Waals surface area contributed by atoms with E-state index in [1.165, 1.54) is 17.6 Å². The maximum absolute atomic E-state index is 14.2. The first-order chi connectivity index (χ1) is 11.0. The molecule has 5 nitrogen and oxygen atoms in total. The Labute approximate surface area is 134 Å². The largest absolute Gasteiger partial charge is 0.465 e. The number of carbonyl (C=O) groups is 2. The number of carboxylic acid groups (broad SMARTS) is 1. The lowest BCUT2D eigenvalue weighted by atomic mass is 9.87. The summed E-state index contributed by atoms with van der Waals surface area (Å²) in [6.45, 7) is 0. The van der Waals surface area contributed by atoms with Crippen LogP contribution in [0.4, 0.5) is 13.6 Å². The van der Waals surface area contributed by atoms with Crippen molar-refractivity contribution in [3.63, 3.8) is 0 Å². The fourth-order valence-electron chi connectivity index (χ4n) is 2.88. The number of hydrogen-bond donors (Lipinski definition) is 2. The number of nitrogens with zero attached hydrogens (tertiary/aromatic N) is 1. The molecule has 1 aliphatic carbocycles. The van der Waals surface area contributed by atoms with Crippen molar-refractivity contribution in [2.45, 2.75) is 24.8 Å². The van der Waals surface area contributed by atoms with Crippen LogP contribution in [0.2, 0.25) is 0 Å². The predicted molar refractivity (Wildman–Crippen MR) is 78.7 cm³/mol. The third-order valence-corrected chi connectivity index (χ3v) is 4.80. The molecule has 1 heterocycles. The maximum Gasteiger partial charge on any atom is 0.405 e. The van der Waals surface area contributed by atoms with Gasteiger partial charge in [-0.2, -0.15) is 0 Å². The van der Waals surface area contributed by atoms with Gasteiger partial charge in [-0.1, -0.05) is 12.1 Å². The Bertz CT molecular complexity index is 778. The van der Waals surface area contributed by atoms with Gasteiger partial charge in [-0.3, -0.25) is 4.79 Å². The predicted octanol–water partition coefficient (Wildman–Crippen LogP) is 3.49. The number of hydrogen-bond acceptors (Lipinski definition) is 4. The second-order valence-corrected chi connectivity index (χ2v) is 6.09. The van der Waals surface area contributed by atoms with Gasteiger partial charge in [0.1, 0.15) is 5.69 Å². The quantitative estimate of drug-likeness (QED) is 0.822. The second kappa shape index (κ2) is 6.04. The summed E-state index contributed by atoms with van der Waals surface area (Å²) in [7, 11) is 0. The van der Waals surface area contributed by atoms with E-state index in [1.54, 1.807) is 0 Å². The van der Waals surface area contributed by atoms with E-state index >= 15 is 0 Å². The average Bonchev–Trinajstić information content (AvgIpc) is 2.94. The fourth-order valence-corrected chi connectivity index (χ4v) is 3.80. The number of rotatable bonds is 2. The molecule has 1 aromatic heterocycles. The highest BCUT2D eigenvalue weighted by Crippen LogP contribution is 2.42. The summed E-state index contributed by atoms with van der Waals surface area (Å²) in [5, 5.41) is 11.4. The summed E-state index contributed by atoms with van der Waals surface area (Å²) < 4.78 is 27.7. The topological polar surface area (TPSA) is 79.3 Å². The van der Waals surface area contributed by atoms with Crippen LogP contribution >= 0.6 is 11.3 Å². The molecular formula is C15H12F2N2O3S. The minimum absolute atomic E-state index is 0.0535. The molecule has 1 aliphatic rings. The number of aromatic nitrogens is 1. The Kier molecular flexibility index (Phi) is 4.08. The third-order valence-electron chi connectivity index (χ3n) is 3.89. The van der Waals surface area contributed by atoms with Crippen LogP contribution in [0.15, 0.2) is 23.7 Å². The number of Topliss-reactive ketones (excluding diaryl/α,β-unsaturated/α-hetero) is 1. The first-order valence-electron chi connectivity index (χ1n) is 6.89. The van der Waals surface area contributed by atoms with Crippen LogP contribution in [0.5, 0.6) is 0 Å². The Morgan fingerprint density at radius 2 is 2.17 bits per heavy atom. The van der Waals surface area contributed by atoms with Crippen LogP contribution in [0.1, 0.15) is 45.7 Å². The Morgan fingerprint density at radius 1 is 1.39 bits per heavy atom. The summed E-state index contributed by atoms with van der Waals surface area (Å²) in [5.74, 6) is -2.93. The molecule has 0 unspecified atom stereocenters. The minimum Gasteiger partial charge on any atom is -0.465 e. The number of nitrogens with one attached hydrogen (secondary N) is 1. The molecule has 0 spiro atoms. The number of amides is 1. The molecule has 3 rings (SSSR count). The summed E-state index contributed by atoms with van der Waals surface area (Å²) in [6.07, 6.45) is -1.01. The molecule has 23 heavy (non-hydrogen) atoms. The van der Waals surface area contributed by atoms with Crippen LogP contribution in [0, 0.1) is 11.6 Å². The van der Waals surface area contributed by atoms with Crippen LogP contribution < -0.4 is 5.32 Å². The summed E-state index contributed by atoms with van der Waals surface area (Å²) in [5.41, 5.74) is 1.70. The molecule has 0 aliphatic heterocycles. The van der Waals surface area contributed by atoms with Gasteiger partial charge in [0.05, 0.1) is 16.4 Å². The van der Waals surface area contributed by atoms with Crippen molar-refractivity contribution in [3.05, 3.63) is 51.5 Å². The molecular weight excluding hydrogens is 326 g/mol. The van der Waals surface area contributed by atoms with Crippen molar-refractivity contribution in [1.82, 2.24) is 10.3 Å². The minimum atomic E-state index is -1.30. The first kappa shape index (κ1) is 15.5. The molecule has 0 bridgehead atoms. The molecule has 8 heteroatoms. The number of ketones is 1. The molecule has 0 fully saturated rings. The van der Waals surface area contributed by atoms with Gasteiger partial charge >= 0.3 is 6.09 Å². The monoisotopic (exact) mass is 338 g/mol. The Morgan fingerprint density at radius 3 is 2.91 bits per heavy atom. The standard InChI is InChI=1S/C15H12F2N2O3S/c16-9-3-1-2-7(11(9)17)8-4-5-10(20)13-14(23-6-18-13)12(8)19-15(21)22/h1-3,6,8,12,19H,4-5H2,(H,21,22)/t8-,12-/m0/s1. The van der Waals surface area contributed by atoms with Gasteiger partial charge in [0.15, 0.2) is 17.4 Å². The van der Waals surface area contributed by atoms with E-state index in [2.05, 4.69) is 10.3 Å². The van der Waals surface area contributed by atoms with Crippen LogP contribution in [0.3, 0.4) is 0 Å². The number of carbonyl (C=O) groups excluding carboxylic acids is 1. The first-order valence-corrected chi connectivity index (χ1v) is 7.77. The van der Waals surface area contributed by atoms with E-state index in [1.807, 2.05) is 0 Å². The zero-order valence-corrected chi connectivity index (χ0v) is 12.6. The fraction of sp³-hybridized carbons (Fsp3) is 0.267. The lowest BCUT2D eigenvalue weighted by Gasteiger charge is -2.25. The molecule has 0 saturated carbocycles. The average molecular weight is 338 g/mol. The molecule has 2 N–H and O–H groups in total. The van der Waals surface area contributed by atoms with Crippen LogP contribution in [-0.4, -0.2) is 22.0 Å². The van der Waals surface area contributed by atoms with Gasteiger partial charge in [0.2, 0.25) is 0 Å². The van der Waals surface area contributed by atoms with Crippen molar-refractivity contribution >= 4 is 23.2 Å². The van der Waals surface area contributed by atoms with Gasteiger partial charge in [-0.05, 0) is 18.1 Å². The van der Waals surface area contributed by atoms with E-state index in [4.69, 9.17) is 5.11 Å². The van der Waals surface area contributed by atoms with E-state index in [0.717, 1.165) is 17.4 Å². The Hall–Kier alpha value is -2.35. The van der Waals surface area contributed by atoms with Gasteiger partial charge in [0.25, 0.3) is 0 Å². The summed E-state index contributed by atoms with van der Waals surface area (Å²) in [4.78, 5) is 27.7. The van der Waals surface area contributed by atoms with Crippen molar-refractivity contribution in [2.24, 2.45) is 0 Å². The summed E-state index contributed by atoms with van der Waals surface area (Å²) >= 11 is 1.13. The number of thiazole rings is 1. The van der Waals surface area contributed by atoms with Gasteiger partial charge < -0.3 is 10.4 Å². The van der Waals surface area contributed by atoms with Crippen molar-refractivity contribution < 1.29 is 23.5 Å². The van der Waals surface area contributed by atoms with Gasteiger partial charge in [-0.25, -0.2) is 18.6 Å². The second-order valence-electron chi connectivity index (χ2n) is 5.20. The number of benzene rings is 1. The zero-order chi connectivity index (χ0) is 16.6. The molecule has 1 amide bonds. The molecule has 2 atom stereocenters. The van der Waals surface area contributed by atoms with Gasteiger partial charge in [-0.15, -0.1) is 11.3 Å². The molecule has 1 aromatic carbocycles. The number of halogens is 2. The van der Waals surface area contributed by atoms with Crippen molar-refractivity contribution in [1.29, 1.82) is 0 Å². The van der Waals surface area contributed by atoms with Crippen molar-refractivity contribution in [3.8, 4) is 0 Å². The van der Waals surface area contributed by atoms with Crippen molar-refractivity contribution in [2.75, 3.05) is 0 Å².